The van der Waals surface area contributed by atoms with Crippen molar-refractivity contribution in [2.24, 2.45) is 0 Å². The third kappa shape index (κ3) is 5.22. The summed E-state index contributed by atoms with van der Waals surface area (Å²) in [5, 5.41) is 5.18. The highest BCUT2D eigenvalue weighted by molar-refractivity contribution is 6.04. The molecule has 1 saturated heterocycles. The topological polar surface area (TPSA) is 50.8 Å². The van der Waals surface area contributed by atoms with Gasteiger partial charge in [-0.05, 0) is 80.1 Å². The van der Waals surface area contributed by atoms with Crippen molar-refractivity contribution in [1.29, 1.82) is 0 Å². The molecule has 0 aliphatic carbocycles. The lowest BCUT2D eigenvalue weighted by Gasteiger charge is -2.37. The molecule has 0 amide bonds. The van der Waals surface area contributed by atoms with Crippen molar-refractivity contribution in [3.8, 4) is 5.75 Å². The smallest absolute Gasteiger partial charge is 0.338 e. The van der Waals surface area contributed by atoms with Gasteiger partial charge in [-0.15, -0.1) is 0 Å². The molecule has 0 saturated carbocycles. The highest BCUT2D eigenvalue weighted by Crippen LogP contribution is 2.47. The van der Waals surface area contributed by atoms with Crippen LogP contribution >= 0.6 is 0 Å². The molecule has 6 rings (SSSR count). The summed E-state index contributed by atoms with van der Waals surface area (Å²) in [5.41, 5.74) is 4.92. The first kappa shape index (κ1) is 27.1. The van der Waals surface area contributed by atoms with E-state index in [4.69, 9.17) is 9.47 Å². The van der Waals surface area contributed by atoms with Gasteiger partial charge >= 0.3 is 5.97 Å². The summed E-state index contributed by atoms with van der Waals surface area (Å²) in [6, 6.07) is 27.4. The van der Waals surface area contributed by atoms with E-state index >= 15 is 0 Å². The number of fused-ring (bicyclic) bond motifs is 3. The minimum Gasteiger partial charge on any atom is -0.472 e. The van der Waals surface area contributed by atoms with Gasteiger partial charge in [-0.1, -0.05) is 61.5 Å². The lowest BCUT2D eigenvalue weighted by molar-refractivity contribution is 0.0503. The zero-order chi connectivity index (χ0) is 28.2. The number of nitrogens with zero attached hydrogens (tertiary/aromatic N) is 1. The molecular weight excluding hydrogens is 508 g/mol. The molecule has 4 aromatic rings. The minimum atomic E-state index is -0.855. The van der Waals surface area contributed by atoms with Crippen LogP contribution in [0.2, 0.25) is 0 Å². The molecule has 1 unspecified atom stereocenters. The van der Waals surface area contributed by atoms with Gasteiger partial charge < -0.3 is 19.7 Å². The van der Waals surface area contributed by atoms with Gasteiger partial charge in [-0.3, -0.25) is 0 Å². The van der Waals surface area contributed by atoms with Gasteiger partial charge in [-0.2, -0.15) is 0 Å². The SMILES string of the molecule is CCCOC(=O)c1cc2ccc(CNC)cc2c2c1C=CC(c1ccccc1)(c1ccc(N3CCCCC3)cc1)O2. The molecule has 5 nitrogen and oxygen atoms in total. The standard InChI is InChI=1S/C36H38N2O3/c1-3-22-40-35(39)33-24-27-13-12-26(25-37-2)23-32(27)34-31(33)18-19-36(41-34,28-10-6-4-7-11-28)29-14-16-30(17-15-29)38-20-8-5-9-21-38/h4,6-7,10-19,23-24,37H,3,5,8-9,20-22,25H2,1-2H3. The molecule has 2 heterocycles. The highest BCUT2D eigenvalue weighted by atomic mass is 16.5. The van der Waals surface area contributed by atoms with Gasteiger partial charge in [0.05, 0.1) is 12.2 Å². The first-order chi connectivity index (χ1) is 20.1. The van der Waals surface area contributed by atoms with Crippen molar-refractivity contribution in [2.75, 3.05) is 31.6 Å². The molecule has 2 aliphatic rings. The number of carbonyl (C=O) groups is 1. The van der Waals surface area contributed by atoms with E-state index in [1.165, 1.54) is 24.9 Å². The summed E-state index contributed by atoms with van der Waals surface area (Å²) in [6.07, 6.45) is 8.71. The lowest BCUT2D eigenvalue weighted by atomic mass is 9.82. The Morgan fingerprint density at radius 2 is 1.71 bits per heavy atom. The van der Waals surface area contributed by atoms with Gasteiger partial charge in [0.25, 0.3) is 0 Å². The highest BCUT2D eigenvalue weighted by Gasteiger charge is 2.39. The Labute approximate surface area is 242 Å². The molecule has 210 valence electrons. The van der Waals surface area contributed by atoms with E-state index in [1.54, 1.807) is 0 Å². The van der Waals surface area contributed by atoms with E-state index in [2.05, 4.69) is 77.0 Å². The predicted molar refractivity (Wildman–Crippen MR) is 167 cm³/mol. The number of ether oxygens (including phenoxy) is 2. The fourth-order valence-corrected chi connectivity index (χ4v) is 6.09. The minimum absolute atomic E-state index is 0.323. The molecule has 1 N–H and O–H groups in total. The molecule has 41 heavy (non-hydrogen) atoms. The van der Waals surface area contributed by atoms with Crippen LogP contribution in [0.25, 0.3) is 16.8 Å². The summed E-state index contributed by atoms with van der Waals surface area (Å²) in [6.45, 7) is 5.33. The van der Waals surface area contributed by atoms with Crippen molar-refractivity contribution in [1.82, 2.24) is 5.32 Å². The van der Waals surface area contributed by atoms with Crippen LogP contribution in [-0.4, -0.2) is 32.7 Å². The van der Waals surface area contributed by atoms with Crippen LogP contribution in [-0.2, 0) is 16.9 Å². The molecule has 4 aromatic carbocycles. The normalized spacial score (nSPS) is 18.1. The molecule has 1 atom stereocenters. The van der Waals surface area contributed by atoms with E-state index in [0.717, 1.165) is 59.1 Å². The van der Waals surface area contributed by atoms with Crippen molar-refractivity contribution < 1.29 is 14.3 Å². The van der Waals surface area contributed by atoms with Gasteiger partial charge in [0.2, 0.25) is 0 Å². The largest absolute Gasteiger partial charge is 0.472 e. The second-order valence-electron chi connectivity index (χ2n) is 11.0. The van der Waals surface area contributed by atoms with Crippen LogP contribution in [0.1, 0.15) is 65.2 Å². The number of piperidine rings is 1. The number of hydrogen-bond donors (Lipinski definition) is 1. The first-order valence-electron chi connectivity index (χ1n) is 14.8. The summed E-state index contributed by atoms with van der Waals surface area (Å²) >= 11 is 0. The third-order valence-corrected chi connectivity index (χ3v) is 8.20. The monoisotopic (exact) mass is 546 g/mol. The molecule has 0 radical (unpaired) electrons. The van der Waals surface area contributed by atoms with Crippen molar-refractivity contribution in [2.45, 2.75) is 44.8 Å². The Morgan fingerprint density at radius 3 is 2.44 bits per heavy atom. The van der Waals surface area contributed by atoms with Gasteiger partial charge in [0, 0.05) is 47.4 Å². The van der Waals surface area contributed by atoms with Crippen LogP contribution in [0.5, 0.6) is 5.75 Å². The second-order valence-corrected chi connectivity index (χ2v) is 11.0. The van der Waals surface area contributed by atoms with Crippen LogP contribution in [0.4, 0.5) is 5.69 Å². The molecule has 2 aliphatic heterocycles. The summed E-state index contributed by atoms with van der Waals surface area (Å²) in [7, 11) is 1.94. The Morgan fingerprint density at radius 1 is 0.951 bits per heavy atom. The Kier molecular flexibility index (Phi) is 7.80. The van der Waals surface area contributed by atoms with Gasteiger partial charge in [-0.25, -0.2) is 4.79 Å². The van der Waals surface area contributed by atoms with Crippen molar-refractivity contribution >= 4 is 28.5 Å². The average molecular weight is 547 g/mol. The number of rotatable bonds is 8. The fourth-order valence-electron chi connectivity index (χ4n) is 6.09. The fraction of sp³-hybridized carbons (Fsp3) is 0.306. The second kappa shape index (κ2) is 11.8. The predicted octanol–water partition coefficient (Wildman–Crippen LogP) is 7.47. The zero-order valence-corrected chi connectivity index (χ0v) is 24.0. The Balaban J connectivity index is 1.51. The molecular formula is C36H38N2O3. The molecule has 1 fully saturated rings. The quantitative estimate of drug-likeness (QED) is 0.232. The maximum absolute atomic E-state index is 13.3. The molecule has 0 aromatic heterocycles. The average Bonchev–Trinajstić information content (AvgIpc) is 3.04. The zero-order valence-electron chi connectivity index (χ0n) is 24.0. The van der Waals surface area contributed by atoms with E-state index in [1.807, 2.05) is 38.2 Å². The molecule has 0 bridgehead atoms. The van der Waals surface area contributed by atoms with E-state index < -0.39 is 5.60 Å². The van der Waals surface area contributed by atoms with Crippen LogP contribution in [0.3, 0.4) is 0 Å². The number of esters is 1. The van der Waals surface area contributed by atoms with Crippen LogP contribution in [0.15, 0.2) is 84.9 Å². The van der Waals surface area contributed by atoms with Crippen molar-refractivity contribution in [3.63, 3.8) is 0 Å². The number of benzene rings is 4. The van der Waals surface area contributed by atoms with Crippen molar-refractivity contribution in [3.05, 3.63) is 113 Å². The lowest BCUT2D eigenvalue weighted by Crippen LogP contribution is -2.35. The number of hydrogen-bond acceptors (Lipinski definition) is 5. The first-order valence-corrected chi connectivity index (χ1v) is 14.8. The van der Waals surface area contributed by atoms with E-state index in [9.17, 15) is 4.79 Å². The number of nitrogens with one attached hydrogen (secondary N) is 1. The molecule has 5 heteroatoms. The maximum atomic E-state index is 13.3. The summed E-state index contributed by atoms with van der Waals surface area (Å²) in [5.74, 6) is 0.381. The molecule has 0 spiro atoms. The van der Waals surface area contributed by atoms with Crippen LogP contribution in [0, 0.1) is 0 Å². The number of carbonyl (C=O) groups excluding carboxylic acids is 1. The Hall–Kier alpha value is -4.09. The third-order valence-electron chi connectivity index (χ3n) is 8.20. The van der Waals surface area contributed by atoms with E-state index in [0.29, 0.717) is 17.9 Å². The van der Waals surface area contributed by atoms with Crippen LogP contribution < -0.4 is 15.0 Å². The number of anilines is 1. The Bertz CT molecular complexity index is 1560. The van der Waals surface area contributed by atoms with Gasteiger partial charge in [0.1, 0.15) is 5.75 Å². The summed E-state index contributed by atoms with van der Waals surface area (Å²) < 4.78 is 12.8. The van der Waals surface area contributed by atoms with Gasteiger partial charge in [0.15, 0.2) is 5.60 Å². The van der Waals surface area contributed by atoms with E-state index in [-0.39, 0.29) is 5.97 Å². The maximum Gasteiger partial charge on any atom is 0.338 e. The summed E-state index contributed by atoms with van der Waals surface area (Å²) in [4.78, 5) is 15.7.